The van der Waals surface area contributed by atoms with Gasteiger partial charge < -0.3 is 24.6 Å². The second kappa shape index (κ2) is 12.9. The number of amides is 2. The molecule has 1 aromatic carbocycles. The minimum atomic E-state index is -0.928. The van der Waals surface area contributed by atoms with Crippen molar-refractivity contribution in [3.05, 3.63) is 48.3 Å². The number of ether oxygens (including phenoxy) is 2. The van der Waals surface area contributed by atoms with Gasteiger partial charge in [-0.2, -0.15) is 0 Å². The third-order valence-corrected chi connectivity index (χ3v) is 6.23. The van der Waals surface area contributed by atoms with Gasteiger partial charge >= 0.3 is 5.97 Å². The molecule has 11 heteroatoms. The van der Waals surface area contributed by atoms with Crippen LogP contribution >= 0.6 is 11.8 Å². The Morgan fingerprint density at radius 1 is 1.09 bits per heavy atom. The molecule has 182 valence electrons. The summed E-state index contributed by atoms with van der Waals surface area (Å²) < 4.78 is 10.4. The minimum Gasteiger partial charge on any atom is -0.449 e. The highest BCUT2D eigenvalue weighted by atomic mass is 32.2. The Bertz CT molecular complexity index is 969. The summed E-state index contributed by atoms with van der Waals surface area (Å²) in [5, 5.41) is 2.74. The number of nitrogens with zero attached hydrogens (tertiary/aromatic N) is 4. The first kappa shape index (κ1) is 25.4. The van der Waals surface area contributed by atoms with Gasteiger partial charge in [-0.3, -0.25) is 9.59 Å². The standard InChI is InChI=1S/C23H29N5O5S/c1-17(21(30)27-11-13-28(14-12-27)23-25-8-5-9-26-23)33-22(31)18-6-3-4-7-19(18)34-16-20(29)24-10-15-32-2/h3-9,17H,10-16H2,1-2H3,(H,24,29). The van der Waals surface area contributed by atoms with E-state index in [0.29, 0.717) is 55.7 Å². The number of esters is 1. The summed E-state index contributed by atoms with van der Waals surface area (Å²) in [6.45, 7) is 4.61. The van der Waals surface area contributed by atoms with E-state index in [2.05, 4.69) is 15.3 Å². The lowest BCUT2D eigenvalue weighted by Gasteiger charge is -2.35. The van der Waals surface area contributed by atoms with Crippen LogP contribution in [0.4, 0.5) is 5.95 Å². The van der Waals surface area contributed by atoms with Crippen LogP contribution < -0.4 is 10.2 Å². The second-order valence-corrected chi connectivity index (χ2v) is 8.55. The van der Waals surface area contributed by atoms with Crippen LogP contribution in [0.2, 0.25) is 0 Å². The molecule has 1 saturated heterocycles. The molecule has 3 rings (SSSR count). The second-order valence-electron chi connectivity index (χ2n) is 7.54. The molecule has 0 aliphatic carbocycles. The molecule has 2 amide bonds. The van der Waals surface area contributed by atoms with Gasteiger partial charge in [0.15, 0.2) is 6.10 Å². The van der Waals surface area contributed by atoms with Gasteiger partial charge in [0.1, 0.15) is 0 Å². The Hall–Kier alpha value is -3.18. The molecule has 0 spiro atoms. The van der Waals surface area contributed by atoms with E-state index < -0.39 is 12.1 Å². The minimum absolute atomic E-state index is 0.151. The molecular weight excluding hydrogens is 458 g/mol. The van der Waals surface area contributed by atoms with E-state index in [1.54, 1.807) is 61.7 Å². The Morgan fingerprint density at radius 2 is 1.79 bits per heavy atom. The predicted octanol–water partition coefficient (Wildman–Crippen LogP) is 1.23. The van der Waals surface area contributed by atoms with Gasteiger partial charge in [0.2, 0.25) is 11.9 Å². The van der Waals surface area contributed by atoms with E-state index in [-0.39, 0.29) is 17.6 Å². The average molecular weight is 488 g/mol. The van der Waals surface area contributed by atoms with Crippen LogP contribution in [0.3, 0.4) is 0 Å². The maximum absolute atomic E-state index is 12.9. The lowest BCUT2D eigenvalue weighted by Crippen LogP contribution is -2.52. The maximum Gasteiger partial charge on any atom is 0.340 e. The molecule has 0 radical (unpaired) electrons. The summed E-state index contributed by atoms with van der Waals surface area (Å²) in [7, 11) is 1.56. The van der Waals surface area contributed by atoms with E-state index in [4.69, 9.17) is 9.47 Å². The van der Waals surface area contributed by atoms with Crippen molar-refractivity contribution in [3.63, 3.8) is 0 Å². The van der Waals surface area contributed by atoms with Crippen molar-refractivity contribution in [3.8, 4) is 0 Å². The number of aromatic nitrogens is 2. The Balaban J connectivity index is 1.51. The van der Waals surface area contributed by atoms with Gasteiger partial charge in [-0.05, 0) is 25.1 Å². The first-order valence-corrected chi connectivity index (χ1v) is 12.0. The van der Waals surface area contributed by atoms with Crippen LogP contribution in [0.25, 0.3) is 0 Å². The SMILES string of the molecule is COCCNC(=O)CSc1ccccc1C(=O)OC(C)C(=O)N1CCN(c2ncccn2)CC1. The van der Waals surface area contributed by atoms with Crippen molar-refractivity contribution in [1.82, 2.24) is 20.2 Å². The third kappa shape index (κ3) is 7.16. The van der Waals surface area contributed by atoms with Crippen molar-refractivity contribution in [1.29, 1.82) is 0 Å². The number of carbonyl (C=O) groups excluding carboxylic acids is 3. The fourth-order valence-corrected chi connectivity index (χ4v) is 4.23. The molecule has 1 aliphatic heterocycles. The van der Waals surface area contributed by atoms with Gasteiger partial charge in [0.25, 0.3) is 5.91 Å². The molecule has 0 bridgehead atoms. The molecule has 34 heavy (non-hydrogen) atoms. The summed E-state index contributed by atoms with van der Waals surface area (Å²) in [5.41, 5.74) is 0.322. The zero-order chi connectivity index (χ0) is 24.3. The number of thioether (sulfide) groups is 1. The van der Waals surface area contributed by atoms with E-state index in [1.807, 2.05) is 4.90 Å². The smallest absolute Gasteiger partial charge is 0.340 e. The molecular formula is C23H29N5O5S. The van der Waals surface area contributed by atoms with Gasteiger partial charge in [0.05, 0.1) is 17.9 Å². The predicted molar refractivity (Wildman–Crippen MR) is 128 cm³/mol. The number of rotatable bonds is 10. The number of methoxy groups -OCH3 is 1. The number of hydrogen-bond donors (Lipinski definition) is 1. The lowest BCUT2D eigenvalue weighted by molar-refractivity contribution is -0.140. The van der Waals surface area contributed by atoms with Crippen molar-refractivity contribution in [2.24, 2.45) is 0 Å². The largest absolute Gasteiger partial charge is 0.449 e. The molecule has 1 aliphatic rings. The zero-order valence-corrected chi connectivity index (χ0v) is 20.1. The van der Waals surface area contributed by atoms with Crippen LogP contribution in [-0.2, 0) is 19.1 Å². The zero-order valence-electron chi connectivity index (χ0n) is 19.3. The molecule has 2 heterocycles. The van der Waals surface area contributed by atoms with Crippen molar-refractivity contribution in [2.45, 2.75) is 17.9 Å². The highest BCUT2D eigenvalue weighted by molar-refractivity contribution is 8.00. The van der Waals surface area contributed by atoms with E-state index >= 15 is 0 Å². The fraction of sp³-hybridized carbons (Fsp3) is 0.435. The Kier molecular flexibility index (Phi) is 9.65. The third-order valence-electron chi connectivity index (χ3n) is 5.15. The number of hydrogen-bond acceptors (Lipinski definition) is 9. The molecule has 10 nitrogen and oxygen atoms in total. The van der Waals surface area contributed by atoms with Crippen molar-refractivity contribution < 1.29 is 23.9 Å². The molecule has 1 N–H and O–H groups in total. The number of benzene rings is 1. The van der Waals surface area contributed by atoms with Crippen LogP contribution in [0.5, 0.6) is 0 Å². The summed E-state index contributed by atoms with van der Waals surface area (Å²) >= 11 is 1.24. The number of piperazine rings is 1. The summed E-state index contributed by atoms with van der Waals surface area (Å²) in [4.78, 5) is 50.4. The monoisotopic (exact) mass is 487 g/mol. The lowest BCUT2D eigenvalue weighted by atomic mass is 10.2. The highest BCUT2D eigenvalue weighted by Gasteiger charge is 2.28. The molecule has 0 saturated carbocycles. The first-order chi connectivity index (χ1) is 16.5. The quantitative estimate of drug-likeness (QED) is 0.300. The molecule has 1 fully saturated rings. The summed E-state index contributed by atoms with van der Waals surface area (Å²) in [6, 6.07) is 8.64. The Morgan fingerprint density at radius 3 is 2.50 bits per heavy atom. The normalized spacial score (nSPS) is 14.4. The van der Waals surface area contributed by atoms with E-state index in [1.165, 1.54) is 11.8 Å². The molecule has 2 aromatic rings. The topological polar surface area (TPSA) is 114 Å². The molecule has 1 atom stereocenters. The van der Waals surface area contributed by atoms with Crippen LogP contribution in [0.1, 0.15) is 17.3 Å². The van der Waals surface area contributed by atoms with E-state index in [9.17, 15) is 14.4 Å². The van der Waals surface area contributed by atoms with Gasteiger partial charge in [0, 0.05) is 57.1 Å². The summed E-state index contributed by atoms with van der Waals surface area (Å²) in [5.74, 6) is -0.216. The van der Waals surface area contributed by atoms with E-state index in [0.717, 1.165) is 0 Å². The number of nitrogens with one attached hydrogen (secondary N) is 1. The highest BCUT2D eigenvalue weighted by Crippen LogP contribution is 2.24. The average Bonchev–Trinajstić information content (AvgIpc) is 2.88. The van der Waals surface area contributed by atoms with Gasteiger partial charge in [-0.25, -0.2) is 14.8 Å². The van der Waals surface area contributed by atoms with Crippen LogP contribution in [0, 0.1) is 0 Å². The molecule has 1 unspecified atom stereocenters. The summed E-state index contributed by atoms with van der Waals surface area (Å²) in [6.07, 6.45) is 2.44. The maximum atomic E-state index is 12.9. The van der Waals surface area contributed by atoms with Crippen molar-refractivity contribution >= 4 is 35.5 Å². The van der Waals surface area contributed by atoms with Crippen LogP contribution in [-0.4, -0.2) is 90.9 Å². The van der Waals surface area contributed by atoms with Gasteiger partial charge in [-0.1, -0.05) is 12.1 Å². The first-order valence-electron chi connectivity index (χ1n) is 11.0. The van der Waals surface area contributed by atoms with Gasteiger partial charge in [-0.15, -0.1) is 11.8 Å². The fourth-order valence-electron chi connectivity index (χ4n) is 3.36. The van der Waals surface area contributed by atoms with Crippen LogP contribution in [0.15, 0.2) is 47.6 Å². The Labute approximate surface area is 203 Å². The van der Waals surface area contributed by atoms with Crippen molar-refractivity contribution in [2.75, 3.05) is 57.1 Å². The number of anilines is 1. The molecule has 1 aromatic heterocycles. The number of carbonyl (C=O) groups is 3.